The normalized spacial score (nSPS) is 11.9. The molecule has 0 aromatic heterocycles. The van der Waals surface area contributed by atoms with Gasteiger partial charge in [0.25, 0.3) is 0 Å². The van der Waals surface area contributed by atoms with Crippen LogP contribution in [0.2, 0.25) is 0 Å². The molecular weight excluding hydrogens is 571 g/mol. The van der Waals surface area contributed by atoms with Crippen LogP contribution in [0.4, 0.5) is 0 Å². The van der Waals surface area contributed by atoms with E-state index in [2.05, 4.69) is 73.8 Å². The van der Waals surface area contributed by atoms with Crippen molar-refractivity contribution in [3.63, 3.8) is 0 Å². The largest absolute Gasteiger partial charge is 0.481 e. The highest BCUT2D eigenvalue weighted by Crippen LogP contribution is 2.28. The molecule has 18 heavy (non-hydrogen) atoms. The standard InChI is InChI=1S/C12H10I3NO2/c1-6(12(17)18)2-3-7-9(13)4-10(14)8(5-16)11(7)15/h4,6H,2-3H2,1H3,(H,17,18). The second-order valence-corrected chi connectivity index (χ2v) is 7.30. The lowest BCUT2D eigenvalue weighted by Crippen LogP contribution is -2.11. The number of benzene rings is 1. The van der Waals surface area contributed by atoms with Crippen LogP contribution in [-0.4, -0.2) is 11.1 Å². The number of halogens is 3. The van der Waals surface area contributed by atoms with Gasteiger partial charge in [0.2, 0.25) is 0 Å². The summed E-state index contributed by atoms with van der Waals surface area (Å²) >= 11 is 6.57. The summed E-state index contributed by atoms with van der Waals surface area (Å²) in [5.74, 6) is -1.13. The van der Waals surface area contributed by atoms with Gasteiger partial charge < -0.3 is 5.11 Å². The summed E-state index contributed by atoms with van der Waals surface area (Å²) < 4.78 is 2.99. The van der Waals surface area contributed by atoms with Crippen molar-refractivity contribution in [3.8, 4) is 6.07 Å². The second kappa shape index (κ2) is 7.23. The fourth-order valence-electron chi connectivity index (χ4n) is 1.45. The van der Waals surface area contributed by atoms with Gasteiger partial charge in [-0.25, -0.2) is 0 Å². The monoisotopic (exact) mass is 581 g/mol. The Morgan fingerprint density at radius 3 is 2.56 bits per heavy atom. The van der Waals surface area contributed by atoms with Crippen LogP contribution in [0.25, 0.3) is 0 Å². The van der Waals surface area contributed by atoms with Gasteiger partial charge in [-0.1, -0.05) is 6.92 Å². The Morgan fingerprint density at radius 2 is 2.06 bits per heavy atom. The maximum absolute atomic E-state index is 10.8. The average molecular weight is 581 g/mol. The highest BCUT2D eigenvalue weighted by molar-refractivity contribution is 14.1. The zero-order valence-electron chi connectivity index (χ0n) is 9.51. The minimum atomic E-state index is -0.772. The number of aliphatic carboxylic acids is 1. The Morgan fingerprint density at radius 1 is 1.44 bits per heavy atom. The third-order valence-electron chi connectivity index (χ3n) is 2.63. The van der Waals surface area contributed by atoms with E-state index in [1.807, 2.05) is 6.07 Å². The van der Waals surface area contributed by atoms with E-state index in [1.165, 1.54) is 0 Å². The molecule has 3 nitrogen and oxygen atoms in total. The molecule has 0 heterocycles. The second-order valence-electron chi connectivity index (χ2n) is 3.90. The van der Waals surface area contributed by atoms with Crippen LogP contribution in [0.3, 0.4) is 0 Å². The maximum Gasteiger partial charge on any atom is 0.306 e. The fourth-order valence-corrected chi connectivity index (χ4v) is 5.60. The number of carboxylic acids is 1. The quantitative estimate of drug-likeness (QED) is 0.548. The lowest BCUT2D eigenvalue weighted by atomic mass is 10.00. The molecule has 1 rings (SSSR count). The van der Waals surface area contributed by atoms with Gasteiger partial charge in [0, 0.05) is 10.7 Å². The van der Waals surface area contributed by atoms with Crippen molar-refractivity contribution >= 4 is 73.7 Å². The summed E-state index contributed by atoms with van der Waals surface area (Å²) in [6, 6.07) is 4.18. The van der Waals surface area contributed by atoms with Crippen molar-refractivity contribution in [1.82, 2.24) is 0 Å². The van der Waals surface area contributed by atoms with Crippen molar-refractivity contribution < 1.29 is 9.90 Å². The summed E-state index contributed by atoms with van der Waals surface area (Å²) in [7, 11) is 0. The first-order valence-corrected chi connectivity index (χ1v) is 8.41. The van der Waals surface area contributed by atoms with E-state index in [0.29, 0.717) is 18.4 Å². The first kappa shape index (κ1) is 16.4. The number of nitrogens with zero attached hydrogens (tertiary/aromatic N) is 1. The molecule has 6 heteroatoms. The SMILES string of the molecule is CC(CCc1c(I)cc(I)c(C#N)c1I)C(=O)O. The molecule has 0 aliphatic rings. The predicted octanol–water partition coefficient (Wildman–Crippen LogP) is 4.03. The molecule has 1 aromatic rings. The van der Waals surface area contributed by atoms with Gasteiger partial charge >= 0.3 is 5.97 Å². The molecule has 1 atom stereocenters. The van der Waals surface area contributed by atoms with Gasteiger partial charge in [0.1, 0.15) is 6.07 Å². The van der Waals surface area contributed by atoms with E-state index in [4.69, 9.17) is 10.4 Å². The molecule has 0 saturated carbocycles. The highest BCUT2D eigenvalue weighted by atomic mass is 127. The van der Waals surface area contributed by atoms with Crippen LogP contribution in [0, 0.1) is 28.0 Å². The Kier molecular flexibility index (Phi) is 6.60. The van der Waals surface area contributed by atoms with Gasteiger partial charge in [-0.05, 0) is 92.2 Å². The molecular formula is C12H10I3NO2. The number of nitriles is 1. The number of carboxylic acid groups (broad SMARTS) is 1. The van der Waals surface area contributed by atoms with Crippen molar-refractivity contribution in [2.24, 2.45) is 5.92 Å². The first-order chi connectivity index (χ1) is 8.38. The van der Waals surface area contributed by atoms with Crippen LogP contribution in [-0.2, 0) is 11.2 Å². The Hall–Kier alpha value is 0.370. The maximum atomic E-state index is 10.8. The van der Waals surface area contributed by atoms with Crippen LogP contribution < -0.4 is 0 Å². The topological polar surface area (TPSA) is 61.1 Å². The van der Waals surface area contributed by atoms with Crippen LogP contribution >= 0.6 is 67.8 Å². The van der Waals surface area contributed by atoms with Crippen LogP contribution in [0.5, 0.6) is 0 Å². The Bertz CT molecular complexity index is 523. The van der Waals surface area contributed by atoms with Crippen molar-refractivity contribution in [2.45, 2.75) is 19.8 Å². The zero-order valence-corrected chi connectivity index (χ0v) is 16.0. The molecule has 96 valence electrons. The molecule has 0 bridgehead atoms. The van der Waals surface area contributed by atoms with Crippen LogP contribution in [0.15, 0.2) is 6.07 Å². The molecule has 0 saturated heterocycles. The van der Waals surface area contributed by atoms with E-state index in [-0.39, 0.29) is 5.92 Å². The van der Waals surface area contributed by atoms with Crippen molar-refractivity contribution in [2.75, 3.05) is 0 Å². The van der Waals surface area contributed by atoms with Gasteiger partial charge in [-0.2, -0.15) is 5.26 Å². The molecule has 0 radical (unpaired) electrons. The van der Waals surface area contributed by atoms with E-state index in [1.54, 1.807) is 6.92 Å². The lowest BCUT2D eigenvalue weighted by Gasteiger charge is -2.12. The molecule has 1 N–H and O–H groups in total. The van der Waals surface area contributed by atoms with Gasteiger partial charge in [-0.15, -0.1) is 0 Å². The van der Waals surface area contributed by atoms with Gasteiger partial charge in [-0.3, -0.25) is 4.79 Å². The number of rotatable bonds is 4. The van der Waals surface area contributed by atoms with E-state index >= 15 is 0 Å². The summed E-state index contributed by atoms with van der Waals surface area (Å²) in [6.45, 7) is 1.71. The fraction of sp³-hybridized carbons (Fsp3) is 0.333. The summed E-state index contributed by atoms with van der Waals surface area (Å²) in [5, 5.41) is 18.0. The van der Waals surface area contributed by atoms with Crippen LogP contribution in [0.1, 0.15) is 24.5 Å². The molecule has 0 aliphatic carbocycles. The van der Waals surface area contributed by atoms with Gasteiger partial charge in [0.15, 0.2) is 0 Å². The smallest absolute Gasteiger partial charge is 0.306 e. The summed E-state index contributed by atoms with van der Waals surface area (Å²) in [4.78, 5) is 10.8. The molecule has 0 fully saturated rings. The highest BCUT2D eigenvalue weighted by Gasteiger charge is 2.16. The van der Waals surface area contributed by atoms with E-state index in [0.717, 1.165) is 16.3 Å². The summed E-state index contributed by atoms with van der Waals surface area (Å²) in [5.41, 5.74) is 1.77. The first-order valence-electron chi connectivity index (χ1n) is 5.17. The average Bonchev–Trinajstić information content (AvgIpc) is 2.28. The molecule has 0 aliphatic heterocycles. The Balaban J connectivity index is 3.04. The van der Waals surface area contributed by atoms with E-state index < -0.39 is 5.97 Å². The lowest BCUT2D eigenvalue weighted by molar-refractivity contribution is -0.141. The predicted molar refractivity (Wildman–Crippen MR) is 94.4 cm³/mol. The number of carbonyl (C=O) groups is 1. The molecule has 0 spiro atoms. The molecule has 1 unspecified atom stereocenters. The van der Waals surface area contributed by atoms with Crippen molar-refractivity contribution in [3.05, 3.63) is 27.9 Å². The van der Waals surface area contributed by atoms with Gasteiger partial charge in [0.05, 0.1) is 11.5 Å². The van der Waals surface area contributed by atoms with Crippen molar-refractivity contribution in [1.29, 1.82) is 5.26 Å². The Labute approximate surface area is 147 Å². The number of hydrogen-bond acceptors (Lipinski definition) is 2. The molecule has 0 amide bonds. The minimum absolute atomic E-state index is 0.360. The third-order valence-corrected chi connectivity index (χ3v) is 5.63. The molecule has 1 aromatic carbocycles. The van der Waals surface area contributed by atoms with E-state index in [9.17, 15) is 4.79 Å². The minimum Gasteiger partial charge on any atom is -0.481 e. The summed E-state index contributed by atoms with van der Waals surface area (Å²) in [6.07, 6.45) is 1.28. The number of hydrogen-bond donors (Lipinski definition) is 1. The zero-order chi connectivity index (χ0) is 13.9. The third kappa shape index (κ3) is 3.93.